The van der Waals surface area contributed by atoms with Crippen LogP contribution in [0.4, 0.5) is 0 Å². The van der Waals surface area contributed by atoms with E-state index in [4.69, 9.17) is 0 Å². The van der Waals surface area contributed by atoms with E-state index in [1.54, 1.807) is 0 Å². The van der Waals surface area contributed by atoms with E-state index < -0.39 is 0 Å². The van der Waals surface area contributed by atoms with Gasteiger partial charge in [0, 0.05) is 17.4 Å². The van der Waals surface area contributed by atoms with Gasteiger partial charge >= 0.3 is 0 Å². The van der Waals surface area contributed by atoms with Crippen LogP contribution in [0.3, 0.4) is 0 Å². The lowest BCUT2D eigenvalue weighted by atomic mass is 9.99. The van der Waals surface area contributed by atoms with Gasteiger partial charge in [0.2, 0.25) is 0 Å². The third kappa shape index (κ3) is 1.94. The number of pyridine rings is 1. The van der Waals surface area contributed by atoms with Crippen molar-refractivity contribution >= 4 is 5.52 Å². The van der Waals surface area contributed by atoms with Crippen molar-refractivity contribution in [2.75, 3.05) is 0 Å². The average molecular weight is 263 g/mol. The van der Waals surface area contributed by atoms with Crippen molar-refractivity contribution in [3.05, 3.63) is 65.5 Å². The number of benzene rings is 1. The second-order valence-electron chi connectivity index (χ2n) is 5.82. The maximum Gasteiger partial charge on any atom is 0.0491 e. The molecule has 0 radical (unpaired) electrons. The standard InChI is InChI=1S/C19H21N/c1-13(2)19-14(3)18-12-17(10-11-20(18)15(19)4)16-8-6-5-7-9-16/h5-13H,1-4H3. The van der Waals surface area contributed by atoms with Crippen LogP contribution >= 0.6 is 0 Å². The van der Waals surface area contributed by atoms with Gasteiger partial charge in [-0.1, -0.05) is 44.2 Å². The number of hydrogen-bond acceptors (Lipinski definition) is 0. The molecule has 2 aromatic heterocycles. The van der Waals surface area contributed by atoms with Crippen molar-refractivity contribution in [3.63, 3.8) is 0 Å². The van der Waals surface area contributed by atoms with E-state index in [2.05, 4.69) is 80.8 Å². The highest BCUT2D eigenvalue weighted by Crippen LogP contribution is 2.31. The molecule has 0 atom stereocenters. The highest BCUT2D eigenvalue weighted by Gasteiger charge is 2.15. The van der Waals surface area contributed by atoms with Crippen LogP contribution in [0.1, 0.15) is 36.6 Å². The van der Waals surface area contributed by atoms with E-state index in [-0.39, 0.29) is 0 Å². The van der Waals surface area contributed by atoms with Crippen LogP contribution in [0.5, 0.6) is 0 Å². The van der Waals surface area contributed by atoms with Gasteiger partial charge in [-0.15, -0.1) is 0 Å². The third-order valence-electron chi connectivity index (χ3n) is 4.18. The Balaban J connectivity index is 2.24. The van der Waals surface area contributed by atoms with Crippen LogP contribution in [-0.4, -0.2) is 4.40 Å². The van der Waals surface area contributed by atoms with Crippen molar-refractivity contribution in [3.8, 4) is 11.1 Å². The van der Waals surface area contributed by atoms with Gasteiger partial charge in [0.1, 0.15) is 0 Å². The summed E-state index contributed by atoms with van der Waals surface area (Å²) in [5.74, 6) is 0.565. The minimum Gasteiger partial charge on any atom is -0.321 e. The first-order chi connectivity index (χ1) is 9.59. The molecule has 0 aliphatic rings. The Bertz CT molecular complexity index is 748. The van der Waals surface area contributed by atoms with E-state index in [0.29, 0.717) is 5.92 Å². The number of fused-ring (bicyclic) bond motifs is 1. The van der Waals surface area contributed by atoms with Crippen molar-refractivity contribution < 1.29 is 0 Å². The summed E-state index contributed by atoms with van der Waals surface area (Å²) in [6.45, 7) is 9.00. The molecule has 0 spiro atoms. The van der Waals surface area contributed by atoms with Gasteiger partial charge in [0.05, 0.1) is 0 Å². The normalized spacial score (nSPS) is 11.4. The molecule has 0 amide bonds. The zero-order valence-electron chi connectivity index (χ0n) is 12.6. The first kappa shape index (κ1) is 13.0. The molecule has 3 aromatic rings. The Labute approximate surface area is 120 Å². The molecular weight excluding hydrogens is 242 g/mol. The van der Waals surface area contributed by atoms with Crippen molar-refractivity contribution in [1.82, 2.24) is 4.40 Å². The third-order valence-corrected chi connectivity index (χ3v) is 4.18. The van der Waals surface area contributed by atoms with Crippen LogP contribution in [0.25, 0.3) is 16.6 Å². The Morgan fingerprint density at radius 3 is 2.25 bits per heavy atom. The Morgan fingerprint density at radius 1 is 0.900 bits per heavy atom. The summed E-state index contributed by atoms with van der Waals surface area (Å²) < 4.78 is 2.32. The molecule has 1 heteroatoms. The summed E-state index contributed by atoms with van der Waals surface area (Å²) in [5, 5.41) is 0. The molecule has 1 aromatic carbocycles. The first-order valence-corrected chi connectivity index (χ1v) is 7.26. The minimum atomic E-state index is 0.565. The highest BCUT2D eigenvalue weighted by molar-refractivity contribution is 5.72. The zero-order valence-corrected chi connectivity index (χ0v) is 12.6. The van der Waals surface area contributed by atoms with E-state index in [1.165, 1.54) is 33.5 Å². The zero-order chi connectivity index (χ0) is 14.3. The molecule has 0 unspecified atom stereocenters. The Kier molecular flexibility index (Phi) is 3.13. The lowest BCUT2D eigenvalue weighted by Gasteiger charge is -2.05. The van der Waals surface area contributed by atoms with Gasteiger partial charge in [-0.3, -0.25) is 0 Å². The maximum absolute atomic E-state index is 2.32. The molecule has 2 heterocycles. The molecule has 20 heavy (non-hydrogen) atoms. The van der Waals surface area contributed by atoms with Gasteiger partial charge < -0.3 is 4.40 Å². The van der Waals surface area contributed by atoms with Crippen LogP contribution < -0.4 is 0 Å². The lowest BCUT2D eigenvalue weighted by Crippen LogP contribution is -1.92. The fourth-order valence-electron chi connectivity index (χ4n) is 3.28. The largest absolute Gasteiger partial charge is 0.321 e. The summed E-state index contributed by atoms with van der Waals surface area (Å²) in [6, 6.07) is 15.1. The maximum atomic E-state index is 2.32. The molecule has 0 saturated carbocycles. The predicted molar refractivity (Wildman–Crippen MR) is 86.4 cm³/mol. The topological polar surface area (TPSA) is 4.41 Å². The van der Waals surface area contributed by atoms with Crippen LogP contribution in [0.2, 0.25) is 0 Å². The van der Waals surface area contributed by atoms with Gasteiger partial charge in [-0.2, -0.15) is 0 Å². The monoisotopic (exact) mass is 263 g/mol. The van der Waals surface area contributed by atoms with Crippen LogP contribution in [0.15, 0.2) is 48.7 Å². The molecule has 0 saturated heterocycles. The highest BCUT2D eigenvalue weighted by atomic mass is 14.9. The molecule has 0 aliphatic carbocycles. The van der Waals surface area contributed by atoms with Crippen molar-refractivity contribution in [2.45, 2.75) is 33.6 Å². The molecule has 0 N–H and O–H groups in total. The summed E-state index contributed by atoms with van der Waals surface area (Å²) in [6.07, 6.45) is 2.20. The SMILES string of the molecule is Cc1c(C(C)C)c(C)n2ccc(-c3ccccc3)cc12. The van der Waals surface area contributed by atoms with Crippen molar-refractivity contribution in [1.29, 1.82) is 0 Å². The van der Waals surface area contributed by atoms with Crippen LogP contribution in [0, 0.1) is 13.8 Å². The summed E-state index contributed by atoms with van der Waals surface area (Å²) >= 11 is 0. The number of nitrogens with zero attached hydrogens (tertiary/aromatic N) is 1. The smallest absolute Gasteiger partial charge is 0.0491 e. The molecular formula is C19H21N. The Morgan fingerprint density at radius 2 is 1.60 bits per heavy atom. The van der Waals surface area contributed by atoms with Crippen molar-refractivity contribution in [2.24, 2.45) is 0 Å². The van der Waals surface area contributed by atoms with Gasteiger partial charge in [0.15, 0.2) is 0 Å². The Hall–Kier alpha value is -2.02. The number of hydrogen-bond donors (Lipinski definition) is 0. The summed E-state index contributed by atoms with van der Waals surface area (Å²) in [4.78, 5) is 0. The molecule has 102 valence electrons. The molecule has 3 rings (SSSR count). The van der Waals surface area contributed by atoms with E-state index in [0.717, 1.165) is 0 Å². The van der Waals surface area contributed by atoms with E-state index in [1.807, 2.05) is 0 Å². The van der Waals surface area contributed by atoms with Gasteiger partial charge in [-0.25, -0.2) is 0 Å². The number of aryl methyl sites for hydroxylation is 2. The first-order valence-electron chi connectivity index (χ1n) is 7.26. The summed E-state index contributed by atoms with van der Waals surface area (Å²) in [7, 11) is 0. The molecule has 0 fully saturated rings. The van der Waals surface area contributed by atoms with Gasteiger partial charge in [-0.05, 0) is 54.2 Å². The second kappa shape index (κ2) is 4.82. The fourth-order valence-corrected chi connectivity index (χ4v) is 3.28. The number of rotatable bonds is 2. The predicted octanol–water partition coefficient (Wildman–Crippen LogP) is 5.35. The molecule has 0 bridgehead atoms. The second-order valence-corrected chi connectivity index (χ2v) is 5.82. The van der Waals surface area contributed by atoms with E-state index >= 15 is 0 Å². The summed E-state index contributed by atoms with van der Waals surface area (Å²) in [5.41, 5.74) is 8.15. The fraction of sp³-hybridized carbons (Fsp3) is 0.263. The molecule has 0 aliphatic heterocycles. The van der Waals surface area contributed by atoms with Gasteiger partial charge in [0.25, 0.3) is 0 Å². The quantitative estimate of drug-likeness (QED) is 0.587. The van der Waals surface area contributed by atoms with E-state index in [9.17, 15) is 0 Å². The minimum absolute atomic E-state index is 0.565. The van der Waals surface area contributed by atoms with Crippen LogP contribution in [-0.2, 0) is 0 Å². The average Bonchev–Trinajstić information content (AvgIpc) is 2.71. The lowest BCUT2D eigenvalue weighted by molar-refractivity contribution is 0.844. The molecule has 1 nitrogen and oxygen atoms in total. The number of aromatic nitrogens is 1.